The Morgan fingerprint density at radius 2 is 1.77 bits per heavy atom. The van der Waals surface area contributed by atoms with E-state index >= 15 is 0 Å². The van der Waals surface area contributed by atoms with Crippen molar-refractivity contribution in [2.24, 2.45) is 10.2 Å². The van der Waals surface area contributed by atoms with Gasteiger partial charge in [-0.3, -0.25) is 4.79 Å². The zero-order chi connectivity index (χ0) is 15.9. The Morgan fingerprint density at radius 1 is 1.14 bits per heavy atom. The number of halogens is 1. The summed E-state index contributed by atoms with van der Waals surface area (Å²) >= 11 is 0. The quantitative estimate of drug-likeness (QED) is 0.482. The molecule has 5 nitrogen and oxygen atoms in total. The van der Waals surface area contributed by atoms with E-state index in [2.05, 4.69) is 15.5 Å². The molecule has 0 heterocycles. The van der Waals surface area contributed by atoms with Crippen LogP contribution in [0.3, 0.4) is 0 Å². The van der Waals surface area contributed by atoms with Crippen LogP contribution in [-0.4, -0.2) is 11.0 Å². The van der Waals surface area contributed by atoms with Crippen LogP contribution in [-0.2, 0) is 4.79 Å². The number of nitrogens with one attached hydrogen (secondary N) is 1. The third kappa shape index (κ3) is 4.24. The van der Waals surface area contributed by atoms with Crippen molar-refractivity contribution in [3.63, 3.8) is 0 Å². The second-order valence-corrected chi connectivity index (χ2v) is 4.43. The van der Waals surface area contributed by atoms with Crippen molar-refractivity contribution in [3.8, 4) is 0 Å². The summed E-state index contributed by atoms with van der Waals surface area (Å²) in [7, 11) is 0. The number of anilines is 1. The Balaban J connectivity index is 0.00000264. The lowest BCUT2D eigenvalue weighted by atomic mass is 10.3. The van der Waals surface area contributed by atoms with Crippen LogP contribution >= 0.6 is 0 Å². The third-order valence-electron chi connectivity index (χ3n) is 2.68. The van der Waals surface area contributed by atoms with E-state index in [0.29, 0.717) is 11.4 Å². The van der Waals surface area contributed by atoms with Gasteiger partial charge in [-0.1, -0.05) is 18.2 Å². The van der Waals surface area contributed by atoms with Gasteiger partial charge in [0.05, 0.1) is 5.69 Å². The molecule has 0 aromatic heterocycles. The van der Waals surface area contributed by atoms with Gasteiger partial charge in [0.15, 0.2) is 5.70 Å². The van der Waals surface area contributed by atoms with E-state index in [1.165, 1.54) is 31.2 Å². The van der Waals surface area contributed by atoms with Crippen LogP contribution in [0.25, 0.3) is 0 Å². The molecule has 0 atom stereocenters. The maximum Gasteiger partial charge on any atom is 0.279 e. The Bertz CT molecular complexity index is 716. The highest BCUT2D eigenvalue weighted by Gasteiger charge is 2.13. The Labute approximate surface area is 129 Å². The molecule has 2 rings (SSSR count). The largest absolute Gasteiger partial charge is 0.510 e. The van der Waals surface area contributed by atoms with Crippen LogP contribution in [0.5, 0.6) is 0 Å². The van der Waals surface area contributed by atoms with Crippen LogP contribution in [0, 0.1) is 5.82 Å². The second kappa shape index (κ2) is 7.12. The fourth-order valence-corrected chi connectivity index (χ4v) is 1.61. The van der Waals surface area contributed by atoms with Crippen molar-refractivity contribution < 1.29 is 17.1 Å². The van der Waals surface area contributed by atoms with Crippen molar-refractivity contribution in [2.75, 3.05) is 5.32 Å². The van der Waals surface area contributed by atoms with Crippen LogP contribution in [0.2, 0.25) is 0 Å². The van der Waals surface area contributed by atoms with Gasteiger partial charge in [0.2, 0.25) is 0 Å². The van der Waals surface area contributed by atoms with Crippen LogP contribution in [0.15, 0.2) is 76.3 Å². The predicted octanol–water partition coefficient (Wildman–Crippen LogP) is 4.83. The van der Waals surface area contributed by atoms with Crippen molar-refractivity contribution >= 4 is 17.3 Å². The average molecular weight is 303 g/mol. The number of azo groups is 1. The van der Waals surface area contributed by atoms with E-state index in [0.717, 1.165) is 0 Å². The molecule has 2 N–H and O–H groups in total. The van der Waals surface area contributed by atoms with Crippen LogP contribution in [0.1, 0.15) is 9.78 Å². The SMILES string of the molecule is C/C(O)=C(\N=Nc1ccccc1)C(=O)Nc1ccc(F)cc1.[HH].[HH]. The first kappa shape index (κ1) is 15.4. The maximum absolute atomic E-state index is 12.8. The summed E-state index contributed by atoms with van der Waals surface area (Å²) in [6.45, 7) is 1.34. The standard InChI is InChI=1S/C16H14FN3O2.2H2/c1-11(21)15(20-19-14-5-3-2-4-6-14)16(22)18-13-9-7-12(17)8-10-13;;/h2-10,21H,1H3,(H,18,22);2*1H/b15-11+,20-19?;;. The van der Waals surface area contributed by atoms with Gasteiger partial charge >= 0.3 is 0 Å². The van der Waals surface area contributed by atoms with Crippen molar-refractivity contribution in [1.29, 1.82) is 0 Å². The summed E-state index contributed by atoms with van der Waals surface area (Å²) in [5, 5.41) is 19.8. The van der Waals surface area contributed by atoms with Crippen molar-refractivity contribution in [2.45, 2.75) is 6.92 Å². The molecule has 0 aliphatic carbocycles. The number of nitrogens with zero attached hydrogens (tertiary/aromatic N) is 2. The molecule has 0 saturated heterocycles. The van der Waals surface area contributed by atoms with Gasteiger partial charge < -0.3 is 10.4 Å². The summed E-state index contributed by atoms with van der Waals surface area (Å²) in [6, 6.07) is 14.1. The molecule has 6 heteroatoms. The third-order valence-corrected chi connectivity index (χ3v) is 2.68. The maximum atomic E-state index is 12.8. The summed E-state index contributed by atoms with van der Waals surface area (Å²) in [5.41, 5.74) is 0.726. The van der Waals surface area contributed by atoms with E-state index in [1.807, 2.05) is 6.07 Å². The molecule has 0 bridgehead atoms. The molecule has 0 radical (unpaired) electrons. The van der Waals surface area contributed by atoms with Gasteiger partial charge in [-0.2, -0.15) is 5.11 Å². The van der Waals surface area contributed by atoms with E-state index in [-0.39, 0.29) is 14.3 Å². The zero-order valence-corrected chi connectivity index (χ0v) is 11.8. The van der Waals surface area contributed by atoms with E-state index in [1.54, 1.807) is 24.3 Å². The molecular weight excluding hydrogens is 285 g/mol. The van der Waals surface area contributed by atoms with Gasteiger partial charge in [-0.05, 0) is 43.3 Å². The number of hydrogen-bond donors (Lipinski definition) is 2. The minimum Gasteiger partial charge on any atom is -0.510 e. The molecule has 0 saturated carbocycles. The van der Waals surface area contributed by atoms with E-state index in [4.69, 9.17) is 0 Å². The van der Waals surface area contributed by atoms with Gasteiger partial charge in [0, 0.05) is 8.54 Å². The minimum absolute atomic E-state index is 0. The molecule has 22 heavy (non-hydrogen) atoms. The second-order valence-electron chi connectivity index (χ2n) is 4.43. The van der Waals surface area contributed by atoms with Gasteiger partial charge in [0.1, 0.15) is 11.6 Å². The van der Waals surface area contributed by atoms with Crippen LogP contribution in [0.4, 0.5) is 15.8 Å². The molecule has 0 spiro atoms. The van der Waals surface area contributed by atoms with Crippen molar-refractivity contribution in [1.82, 2.24) is 0 Å². The number of aliphatic hydroxyl groups is 1. The lowest BCUT2D eigenvalue weighted by Gasteiger charge is -2.05. The minimum atomic E-state index is -0.633. The molecule has 116 valence electrons. The first-order valence-electron chi connectivity index (χ1n) is 6.50. The number of aliphatic hydroxyl groups excluding tert-OH is 1. The molecule has 0 fully saturated rings. The number of carbonyl (C=O) groups excluding carboxylic acids is 1. The highest BCUT2D eigenvalue weighted by molar-refractivity contribution is 6.03. The first-order valence-corrected chi connectivity index (χ1v) is 6.50. The highest BCUT2D eigenvalue weighted by Crippen LogP contribution is 2.16. The molecule has 1 amide bonds. The highest BCUT2D eigenvalue weighted by atomic mass is 19.1. The molecule has 0 aliphatic rings. The van der Waals surface area contributed by atoms with E-state index in [9.17, 15) is 14.3 Å². The average Bonchev–Trinajstić information content (AvgIpc) is 2.50. The number of allylic oxidation sites excluding steroid dienone is 1. The van der Waals surface area contributed by atoms with Crippen LogP contribution < -0.4 is 5.32 Å². The normalized spacial score (nSPS) is 12.1. The summed E-state index contributed by atoms with van der Waals surface area (Å²) < 4.78 is 12.8. The topological polar surface area (TPSA) is 74.0 Å². The lowest BCUT2D eigenvalue weighted by molar-refractivity contribution is -0.113. The molecule has 2 aromatic carbocycles. The Hall–Kier alpha value is -3.02. The smallest absolute Gasteiger partial charge is 0.279 e. The summed E-state index contributed by atoms with van der Waals surface area (Å²) in [4.78, 5) is 12.1. The zero-order valence-electron chi connectivity index (χ0n) is 11.8. The van der Waals surface area contributed by atoms with Gasteiger partial charge in [-0.15, -0.1) is 5.11 Å². The fourth-order valence-electron chi connectivity index (χ4n) is 1.61. The molecule has 0 aliphatic heterocycles. The van der Waals surface area contributed by atoms with Gasteiger partial charge in [-0.25, -0.2) is 4.39 Å². The first-order chi connectivity index (χ1) is 10.6. The Morgan fingerprint density at radius 3 is 2.36 bits per heavy atom. The monoisotopic (exact) mass is 303 g/mol. The molecule has 0 unspecified atom stereocenters. The summed E-state index contributed by atoms with van der Waals surface area (Å²) in [6.07, 6.45) is 0. The molecular formula is C16H18FN3O2. The number of carbonyl (C=O) groups is 1. The Kier molecular flexibility index (Phi) is 4.98. The van der Waals surface area contributed by atoms with Crippen molar-refractivity contribution in [3.05, 3.63) is 71.9 Å². The fraction of sp³-hybridized carbons (Fsp3) is 0.0625. The number of rotatable bonds is 4. The number of amides is 1. The lowest BCUT2D eigenvalue weighted by Crippen LogP contribution is -2.14. The number of hydrogen-bond acceptors (Lipinski definition) is 4. The predicted molar refractivity (Wildman–Crippen MR) is 85.5 cm³/mol. The van der Waals surface area contributed by atoms with Gasteiger partial charge in [0.25, 0.3) is 5.91 Å². The van der Waals surface area contributed by atoms with E-state index < -0.39 is 11.7 Å². The summed E-state index contributed by atoms with van der Waals surface area (Å²) in [5.74, 6) is -1.30. The molecule has 2 aromatic rings. The number of benzene rings is 2.